The first-order valence-corrected chi connectivity index (χ1v) is 9.87. The number of aliphatic carboxylic acids is 1. The molecule has 7 heteroatoms. The predicted molar refractivity (Wildman–Crippen MR) is 119 cm³/mol. The van der Waals surface area contributed by atoms with E-state index in [4.69, 9.17) is 9.47 Å². The number of hydrogen-bond acceptors (Lipinski definition) is 6. The lowest BCUT2D eigenvalue weighted by Gasteiger charge is -2.35. The number of methoxy groups -OCH3 is 2. The Morgan fingerprint density at radius 3 is 2.03 bits per heavy atom. The molecule has 0 aromatic heterocycles. The fourth-order valence-corrected chi connectivity index (χ4v) is 4.23. The van der Waals surface area contributed by atoms with Crippen LogP contribution in [0.5, 0.6) is 0 Å². The van der Waals surface area contributed by atoms with Crippen molar-refractivity contribution in [1.82, 2.24) is 0 Å². The maximum absolute atomic E-state index is 12.4. The molecule has 0 radical (unpaired) electrons. The maximum atomic E-state index is 12.4. The minimum Gasteiger partial charge on any atom is -0.481 e. The van der Waals surface area contributed by atoms with E-state index in [0.29, 0.717) is 22.3 Å². The fourth-order valence-electron chi connectivity index (χ4n) is 4.23. The summed E-state index contributed by atoms with van der Waals surface area (Å²) in [6.07, 6.45) is 0. The first-order chi connectivity index (χ1) is 15.4. The van der Waals surface area contributed by atoms with Crippen molar-refractivity contribution in [2.24, 2.45) is 0 Å². The molecule has 32 heavy (non-hydrogen) atoms. The summed E-state index contributed by atoms with van der Waals surface area (Å²) in [5.41, 5.74) is 4.24. The SMILES string of the molecule is COC(=O)c1cc(C(=O)OC)cc(-c2cccc3c2C(C(=O)O)c2ccccc2N3C)c1. The number of carboxylic acid groups (broad SMARTS) is 1. The smallest absolute Gasteiger partial charge is 0.337 e. The highest BCUT2D eigenvalue weighted by atomic mass is 16.5. The lowest BCUT2D eigenvalue weighted by Crippen LogP contribution is -2.26. The minimum atomic E-state index is -0.989. The Morgan fingerprint density at radius 1 is 0.844 bits per heavy atom. The normalized spacial score (nSPS) is 14.2. The molecular formula is C25H21NO6. The average molecular weight is 431 g/mol. The van der Waals surface area contributed by atoms with Crippen LogP contribution in [0.1, 0.15) is 37.8 Å². The molecule has 1 aliphatic heterocycles. The molecule has 162 valence electrons. The Morgan fingerprint density at radius 2 is 1.44 bits per heavy atom. The standard InChI is InChI=1S/C25H21NO6/c1-26-19-9-5-4-7-18(19)22(23(27)28)21-17(8-6-10-20(21)26)14-11-15(24(29)31-2)13-16(12-14)25(30)32-3/h4-13,22H,1-3H3,(H,27,28). The molecule has 1 heterocycles. The van der Waals surface area contributed by atoms with Crippen molar-refractivity contribution < 1.29 is 29.0 Å². The molecule has 1 aliphatic rings. The molecule has 0 saturated carbocycles. The van der Waals surface area contributed by atoms with E-state index in [1.165, 1.54) is 20.3 Å². The summed E-state index contributed by atoms with van der Waals surface area (Å²) in [5, 5.41) is 10.2. The second kappa shape index (κ2) is 8.19. The largest absolute Gasteiger partial charge is 0.481 e. The van der Waals surface area contributed by atoms with Gasteiger partial charge in [0.05, 0.1) is 25.3 Å². The molecule has 3 aromatic rings. The van der Waals surface area contributed by atoms with E-state index in [9.17, 15) is 19.5 Å². The molecule has 0 fully saturated rings. The minimum absolute atomic E-state index is 0.166. The van der Waals surface area contributed by atoms with Gasteiger partial charge in [-0.3, -0.25) is 4.79 Å². The third kappa shape index (κ3) is 3.37. The predicted octanol–water partition coefficient (Wildman–Crippen LogP) is 4.22. The molecule has 0 spiro atoms. The topological polar surface area (TPSA) is 93.1 Å². The number of anilines is 2. The molecule has 0 saturated heterocycles. The third-order valence-corrected chi connectivity index (χ3v) is 5.68. The van der Waals surface area contributed by atoms with Gasteiger partial charge in [0.15, 0.2) is 0 Å². The van der Waals surface area contributed by atoms with Crippen molar-refractivity contribution in [3.05, 3.63) is 82.9 Å². The van der Waals surface area contributed by atoms with Crippen LogP contribution in [0.2, 0.25) is 0 Å². The highest BCUT2D eigenvalue weighted by molar-refractivity contribution is 5.99. The van der Waals surface area contributed by atoms with Gasteiger partial charge in [-0.05, 0) is 47.0 Å². The van der Waals surface area contributed by atoms with Crippen LogP contribution in [0.3, 0.4) is 0 Å². The Hall–Kier alpha value is -4.13. The molecule has 0 bridgehead atoms. The summed E-state index contributed by atoms with van der Waals surface area (Å²) < 4.78 is 9.68. The van der Waals surface area contributed by atoms with Gasteiger partial charge in [-0.25, -0.2) is 9.59 Å². The zero-order chi connectivity index (χ0) is 23.0. The van der Waals surface area contributed by atoms with E-state index in [1.54, 1.807) is 24.3 Å². The first kappa shape index (κ1) is 21.1. The Bertz CT molecular complexity index is 1210. The number of carbonyl (C=O) groups is 3. The van der Waals surface area contributed by atoms with Gasteiger partial charge in [-0.15, -0.1) is 0 Å². The van der Waals surface area contributed by atoms with Crippen molar-refractivity contribution in [2.45, 2.75) is 5.92 Å². The van der Waals surface area contributed by atoms with Gasteiger partial charge in [0.1, 0.15) is 5.92 Å². The second-order valence-corrected chi connectivity index (χ2v) is 7.41. The van der Waals surface area contributed by atoms with Crippen LogP contribution >= 0.6 is 0 Å². The lowest BCUT2D eigenvalue weighted by molar-refractivity contribution is -0.137. The number of nitrogens with zero attached hydrogens (tertiary/aromatic N) is 1. The molecule has 4 rings (SSSR count). The van der Waals surface area contributed by atoms with Crippen LogP contribution in [-0.2, 0) is 14.3 Å². The highest BCUT2D eigenvalue weighted by Gasteiger charge is 2.35. The van der Waals surface area contributed by atoms with E-state index in [2.05, 4.69) is 0 Å². The van der Waals surface area contributed by atoms with Gasteiger partial charge in [-0.2, -0.15) is 0 Å². The van der Waals surface area contributed by atoms with Crippen molar-refractivity contribution in [1.29, 1.82) is 0 Å². The Labute approximate surface area is 184 Å². The van der Waals surface area contributed by atoms with Crippen LogP contribution < -0.4 is 4.90 Å². The van der Waals surface area contributed by atoms with Crippen molar-refractivity contribution >= 4 is 29.3 Å². The molecule has 0 amide bonds. The quantitative estimate of drug-likeness (QED) is 0.618. The molecule has 3 aromatic carbocycles. The number of rotatable bonds is 4. The summed E-state index contributed by atoms with van der Waals surface area (Å²) in [6.45, 7) is 0. The molecular weight excluding hydrogens is 410 g/mol. The van der Waals surface area contributed by atoms with Gasteiger partial charge in [-0.1, -0.05) is 30.3 Å². The van der Waals surface area contributed by atoms with Crippen LogP contribution in [0, 0.1) is 0 Å². The number of hydrogen-bond donors (Lipinski definition) is 1. The maximum Gasteiger partial charge on any atom is 0.337 e. The first-order valence-electron chi connectivity index (χ1n) is 9.87. The molecule has 7 nitrogen and oxygen atoms in total. The number of para-hydroxylation sites is 1. The number of ether oxygens (including phenoxy) is 2. The van der Waals surface area contributed by atoms with Crippen molar-refractivity contribution in [2.75, 3.05) is 26.2 Å². The van der Waals surface area contributed by atoms with Gasteiger partial charge >= 0.3 is 17.9 Å². The summed E-state index contributed by atoms with van der Waals surface area (Å²) >= 11 is 0. The number of fused-ring (bicyclic) bond motifs is 2. The molecule has 1 atom stereocenters. The van der Waals surface area contributed by atoms with Crippen molar-refractivity contribution in [3.63, 3.8) is 0 Å². The van der Waals surface area contributed by atoms with E-state index < -0.39 is 23.8 Å². The molecule has 1 unspecified atom stereocenters. The van der Waals surface area contributed by atoms with Gasteiger partial charge < -0.3 is 19.5 Å². The van der Waals surface area contributed by atoms with Crippen LogP contribution in [-0.4, -0.2) is 44.3 Å². The summed E-state index contributed by atoms with van der Waals surface area (Å²) in [7, 11) is 4.39. The van der Waals surface area contributed by atoms with E-state index in [-0.39, 0.29) is 11.1 Å². The lowest BCUT2D eigenvalue weighted by atomic mass is 9.80. The molecule has 0 aliphatic carbocycles. The Kier molecular flexibility index (Phi) is 5.40. The Balaban J connectivity index is 2.01. The number of esters is 2. The van der Waals surface area contributed by atoms with Gasteiger partial charge in [0.25, 0.3) is 0 Å². The van der Waals surface area contributed by atoms with E-state index >= 15 is 0 Å². The van der Waals surface area contributed by atoms with Crippen LogP contribution in [0.25, 0.3) is 11.1 Å². The van der Waals surface area contributed by atoms with Gasteiger partial charge in [0.2, 0.25) is 0 Å². The van der Waals surface area contributed by atoms with Crippen molar-refractivity contribution in [3.8, 4) is 11.1 Å². The molecule has 1 N–H and O–H groups in total. The van der Waals surface area contributed by atoms with E-state index in [1.807, 2.05) is 42.3 Å². The fraction of sp³-hybridized carbons (Fsp3) is 0.160. The van der Waals surface area contributed by atoms with Crippen LogP contribution in [0.4, 0.5) is 11.4 Å². The summed E-state index contributed by atoms with van der Waals surface area (Å²) in [5.74, 6) is -3.13. The van der Waals surface area contributed by atoms with E-state index in [0.717, 1.165) is 11.4 Å². The number of benzene rings is 3. The third-order valence-electron chi connectivity index (χ3n) is 5.68. The zero-order valence-corrected chi connectivity index (χ0v) is 17.8. The summed E-state index contributed by atoms with van der Waals surface area (Å²) in [6, 6.07) is 17.4. The number of carbonyl (C=O) groups excluding carboxylic acids is 2. The monoisotopic (exact) mass is 431 g/mol. The second-order valence-electron chi connectivity index (χ2n) is 7.41. The van der Waals surface area contributed by atoms with Gasteiger partial charge in [0, 0.05) is 24.0 Å². The highest BCUT2D eigenvalue weighted by Crippen LogP contribution is 2.48. The average Bonchev–Trinajstić information content (AvgIpc) is 2.82. The van der Waals surface area contributed by atoms with Crippen LogP contribution in [0.15, 0.2) is 60.7 Å². The number of carboxylic acids is 1. The zero-order valence-electron chi connectivity index (χ0n) is 17.8. The summed E-state index contributed by atoms with van der Waals surface area (Å²) in [4.78, 5) is 38.9.